The van der Waals surface area contributed by atoms with Crippen LogP contribution in [0.15, 0.2) is 30.3 Å². The molecule has 1 fully saturated rings. The molecule has 3 rings (SSSR count). The Hall–Kier alpha value is -2.43. The molecule has 0 spiro atoms. The van der Waals surface area contributed by atoms with Crippen molar-refractivity contribution in [3.8, 4) is 0 Å². The van der Waals surface area contributed by atoms with Crippen LogP contribution >= 0.6 is 0 Å². The molecule has 1 aliphatic carbocycles. The molecule has 1 saturated carbocycles. The maximum atomic E-state index is 12.5. The van der Waals surface area contributed by atoms with Gasteiger partial charge in [0.2, 0.25) is 0 Å². The number of carbonyl (C=O) groups excluding carboxylic acids is 2. The van der Waals surface area contributed by atoms with Gasteiger partial charge in [-0.2, -0.15) is 0 Å². The van der Waals surface area contributed by atoms with E-state index >= 15 is 0 Å². The first kappa shape index (κ1) is 15.5. The van der Waals surface area contributed by atoms with Crippen molar-refractivity contribution in [1.82, 2.24) is 10.3 Å². The highest BCUT2D eigenvalue weighted by molar-refractivity contribution is 6.04. The number of ether oxygens (including phenoxy) is 1. The lowest BCUT2D eigenvalue weighted by molar-refractivity contribution is -0.128. The number of aromatic nitrogens is 1. The number of carbonyl (C=O) groups is 2. The second-order valence-corrected chi connectivity index (χ2v) is 5.83. The lowest BCUT2D eigenvalue weighted by atomic mass is 10.1. The van der Waals surface area contributed by atoms with Gasteiger partial charge in [-0.25, -0.2) is 4.79 Å². The van der Waals surface area contributed by atoms with Gasteiger partial charge in [-0.15, -0.1) is 0 Å². The molecule has 1 aromatic carbocycles. The predicted molar refractivity (Wildman–Crippen MR) is 87.3 cm³/mol. The maximum absolute atomic E-state index is 12.5. The molecule has 1 aromatic heterocycles. The summed E-state index contributed by atoms with van der Waals surface area (Å²) in [6, 6.07) is 9.33. The summed E-state index contributed by atoms with van der Waals surface area (Å²) in [6.45, 7) is 3.91. The lowest BCUT2D eigenvalue weighted by Gasteiger charge is -2.14. The third kappa shape index (κ3) is 3.33. The Labute approximate surface area is 135 Å². The number of likely N-dealkylation sites (N-methyl/N-ethyl adjacent to an activating group) is 1. The van der Waals surface area contributed by atoms with Crippen LogP contribution in [0, 0.1) is 0 Å². The Balaban J connectivity index is 1.91. The number of nitrogens with one attached hydrogen (secondary N) is 1. The van der Waals surface area contributed by atoms with E-state index in [-0.39, 0.29) is 5.91 Å². The van der Waals surface area contributed by atoms with Crippen molar-refractivity contribution < 1.29 is 14.3 Å². The van der Waals surface area contributed by atoms with Crippen LogP contribution in [0.1, 0.15) is 48.7 Å². The quantitative estimate of drug-likeness (QED) is 0.862. The number of benzene rings is 1. The van der Waals surface area contributed by atoms with Gasteiger partial charge in [-0.05, 0) is 38.8 Å². The van der Waals surface area contributed by atoms with E-state index in [0.29, 0.717) is 18.0 Å². The van der Waals surface area contributed by atoms with E-state index in [1.165, 1.54) is 0 Å². The fraction of sp³-hybridized carbons (Fsp3) is 0.389. The maximum Gasteiger partial charge on any atom is 0.339 e. The lowest BCUT2D eigenvalue weighted by Crippen LogP contribution is -2.35. The van der Waals surface area contributed by atoms with Gasteiger partial charge in [0, 0.05) is 23.5 Å². The molecular formula is C18H20N2O3. The predicted octanol–water partition coefficient (Wildman–Crippen LogP) is 2.79. The van der Waals surface area contributed by atoms with Crippen LogP contribution in [0.3, 0.4) is 0 Å². The fourth-order valence-corrected chi connectivity index (χ4v) is 2.55. The van der Waals surface area contributed by atoms with Gasteiger partial charge in [-0.3, -0.25) is 9.78 Å². The molecule has 5 nitrogen and oxygen atoms in total. The van der Waals surface area contributed by atoms with Gasteiger partial charge in [0.15, 0.2) is 6.10 Å². The zero-order valence-electron chi connectivity index (χ0n) is 13.3. The zero-order chi connectivity index (χ0) is 16.4. The summed E-state index contributed by atoms with van der Waals surface area (Å²) in [5.41, 5.74) is 2.20. The van der Waals surface area contributed by atoms with Crippen molar-refractivity contribution in [1.29, 1.82) is 0 Å². The van der Waals surface area contributed by atoms with Crippen LogP contribution in [0.2, 0.25) is 0 Å². The van der Waals surface area contributed by atoms with Crippen molar-refractivity contribution in [2.75, 3.05) is 6.54 Å². The number of esters is 1. The normalized spacial score (nSPS) is 15.2. The standard InChI is InChI=1S/C18H20N2O3/c1-3-19-17(21)11(2)23-18(22)14-10-16(12-8-9-12)20-15-7-5-4-6-13(14)15/h4-7,10-12H,3,8-9H2,1-2H3,(H,19,21)/t11-/m1/s1. The van der Waals surface area contributed by atoms with E-state index in [1.54, 1.807) is 6.92 Å². The number of nitrogens with zero attached hydrogens (tertiary/aromatic N) is 1. The summed E-state index contributed by atoms with van der Waals surface area (Å²) in [7, 11) is 0. The number of pyridine rings is 1. The molecule has 1 heterocycles. The van der Waals surface area contributed by atoms with Crippen LogP contribution in [0.5, 0.6) is 0 Å². The molecule has 1 amide bonds. The highest BCUT2D eigenvalue weighted by Crippen LogP contribution is 2.40. The first-order valence-electron chi connectivity index (χ1n) is 7.98. The number of amides is 1. The Bertz CT molecular complexity index is 753. The minimum atomic E-state index is -0.821. The van der Waals surface area contributed by atoms with Gasteiger partial charge in [0.05, 0.1) is 11.1 Å². The van der Waals surface area contributed by atoms with Crippen molar-refractivity contribution in [2.45, 2.75) is 38.7 Å². The molecule has 0 aliphatic heterocycles. The van der Waals surface area contributed by atoms with Gasteiger partial charge in [-0.1, -0.05) is 18.2 Å². The molecule has 120 valence electrons. The largest absolute Gasteiger partial charge is 0.449 e. The number of hydrogen-bond acceptors (Lipinski definition) is 4. The summed E-state index contributed by atoms with van der Waals surface area (Å²) in [6.07, 6.45) is 1.39. The second-order valence-electron chi connectivity index (χ2n) is 5.83. The van der Waals surface area contributed by atoms with E-state index in [0.717, 1.165) is 29.4 Å². The Kier molecular flexibility index (Phi) is 4.28. The third-order valence-electron chi connectivity index (χ3n) is 3.96. The third-order valence-corrected chi connectivity index (χ3v) is 3.96. The highest BCUT2D eigenvalue weighted by Gasteiger charge is 2.28. The topological polar surface area (TPSA) is 68.3 Å². The van der Waals surface area contributed by atoms with E-state index in [1.807, 2.05) is 37.3 Å². The Morgan fingerprint density at radius 3 is 2.78 bits per heavy atom. The molecule has 1 N–H and O–H groups in total. The molecule has 0 bridgehead atoms. The van der Waals surface area contributed by atoms with E-state index < -0.39 is 12.1 Å². The summed E-state index contributed by atoms with van der Waals surface area (Å²) >= 11 is 0. The summed E-state index contributed by atoms with van der Waals surface area (Å²) in [5.74, 6) is -0.335. The summed E-state index contributed by atoms with van der Waals surface area (Å²) in [5, 5.41) is 3.41. The average Bonchev–Trinajstić information content (AvgIpc) is 3.38. The molecule has 1 aliphatic rings. The molecule has 2 aromatic rings. The number of fused-ring (bicyclic) bond motifs is 1. The van der Waals surface area contributed by atoms with Crippen LogP contribution < -0.4 is 5.32 Å². The van der Waals surface area contributed by atoms with Gasteiger partial charge >= 0.3 is 5.97 Å². The van der Waals surface area contributed by atoms with Crippen LogP contribution in [0.4, 0.5) is 0 Å². The van der Waals surface area contributed by atoms with E-state index in [4.69, 9.17) is 4.74 Å². The van der Waals surface area contributed by atoms with Crippen molar-refractivity contribution in [3.05, 3.63) is 41.6 Å². The molecule has 23 heavy (non-hydrogen) atoms. The highest BCUT2D eigenvalue weighted by atomic mass is 16.5. The van der Waals surface area contributed by atoms with Crippen LogP contribution in [-0.4, -0.2) is 29.5 Å². The van der Waals surface area contributed by atoms with Gasteiger partial charge in [0.25, 0.3) is 5.91 Å². The van der Waals surface area contributed by atoms with Crippen LogP contribution in [-0.2, 0) is 9.53 Å². The second kappa shape index (κ2) is 6.36. The minimum Gasteiger partial charge on any atom is -0.449 e. The number of hydrogen-bond donors (Lipinski definition) is 1. The zero-order valence-corrected chi connectivity index (χ0v) is 13.3. The number of rotatable bonds is 5. The van der Waals surface area contributed by atoms with Crippen molar-refractivity contribution in [2.24, 2.45) is 0 Å². The molecule has 0 saturated heterocycles. The van der Waals surface area contributed by atoms with Crippen LogP contribution in [0.25, 0.3) is 10.9 Å². The Morgan fingerprint density at radius 2 is 2.09 bits per heavy atom. The van der Waals surface area contributed by atoms with E-state index in [9.17, 15) is 9.59 Å². The fourth-order valence-electron chi connectivity index (χ4n) is 2.55. The van der Waals surface area contributed by atoms with Gasteiger partial charge in [0.1, 0.15) is 0 Å². The minimum absolute atomic E-state index is 0.290. The summed E-state index contributed by atoms with van der Waals surface area (Å²) < 4.78 is 5.34. The molecular weight excluding hydrogens is 292 g/mol. The van der Waals surface area contributed by atoms with Gasteiger partial charge < -0.3 is 10.1 Å². The van der Waals surface area contributed by atoms with Crippen molar-refractivity contribution >= 4 is 22.8 Å². The van der Waals surface area contributed by atoms with Crippen molar-refractivity contribution in [3.63, 3.8) is 0 Å². The Morgan fingerprint density at radius 1 is 1.35 bits per heavy atom. The molecule has 0 radical (unpaired) electrons. The first-order chi connectivity index (χ1) is 11.1. The average molecular weight is 312 g/mol. The molecule has 5 heteroatoms. The monoisotopic (exact) mass is 312 g/mol. The molecule has 0 unspecified atom stereocenters. The number of para-hydroxylation sites is 1. The van der Waals surface area contributed by atoms with E-state index in [2.05, 4.69) is 10.3 Å². The first-order valence-corrected chi connectivity index (χ1v) is 7.98. The SMILES string of the molecule is CCNC(=O)[C@@H](C)OC(=O)c1cc(C2CC2)nc2ccccc12. The molecule has 1 atom stereocenters. The smallest absolute Gasteiger partial charge is 0.339 e. The summed E-state index contributed by atoms with van der Waals surface area (Å²) in [4.78, 5) is 28.9.